The minimum Gasteiger partial charge on any atom is -0.355 e. The van der Waals surface area contributed by atoms with Gasteiger partial charge in [-0.3, -0.25) is 0 Å². The summed E-state index contributed by atoms with van der Waals surface area (Å²) in [5.41, 5.74) is 2.47. The monoisotopic (exact) mass is 320 g/mol. The number of nitrogens with zero attached hydrogens (tertiary/aromatic N) is 1. The topological polar surface area (TPSA) is 24.9 Å². The van der Waals surface area contributed by atoms with Crippen LogP contribution < -0.4 is 5.32 Å². The number of hydrogen-bond donors (Lipinski definition) is 1. The Morgan fingerprint density at radius 1 is 1.30 bits per heavy atom. The fourth-order valence-corrected chi connectivity index (χ4v) is 4.93. The van der Waals surface area contributed by atoms with E-state index >= 15 is 0 Å². The van der Waals surface area contributed by atoms with Crippen LogP contribution in [0.3, 0.4) is 0 Å². The number of nitrogens with one attached hydrogen (secondary N) is 1. The van der Waals surface area contributed by atoms with Gasteiger partial charge in [0.05, 0.1) is 16.3 Å². The summed E-state index contributed by atoms with van der Waals surface area (Å²) in [6, 6.07) is 8.51. The van der Waals surface area contributed by atoms with Crippen LogP contribution in [-0.4, -0.2) is 4.98 Å². The Bertz CT molecular complexity index is 762. The first-order chi connectivity index (χ1) is 9.79. The molecule has 0 radical (unpaired) electrons. The molecule has 1 aromatic carbocycles. The van der Waals surface area contributed by atoms with E-state index in [9.17, 15) is 0 Å². The van der Waals surface area contributed by atoms with Crippen LogP contribution in [0, 0.1) is 0 Å². The summed E-state index contributed by atoms with van der Waals surface area (Å²) in [4.78, 5) is 6.18. The van der Waals surface area contributed by atoms with E-state index in [1.165, 1.54) is 29.7 Å². The number of anilines is 1. The van der Waals surface area contributed by atoms with Crippen LogP contribution in [-0.2, 0) is 6.42 Å². The Labute approximate surface area is 130 Å². The molecule has 0 fully saturated rings. The SMILES string of the molecule is Clc1ccc2nc(NC3CCCc4sccc43)sc2c1. The number of benzene rings is 1. The van der Waals surface area contributed by atoms with Crippen molar-refractivity contribution in [2.24, 2.45) is 0 Å². The van der Waals surface area contributed by atoms with Gasteiger partial charge in [-0.2, -0.15) is 0 Å². The van der Waals surface area contributed by atoms with Crippen molar-refractivity contribution in [3.63, 3.8) is 0 Å². The van der Waals surface area contributed by atoms with E-state index in [2.05, 4.69) is 21.7 Å². The molecule has 1 aliphatic rings. The van der Waals surface area contributed by atoms with Gasteiger partial charge < -0.3 is 5.32 Å². The van der Waals surface area contributed by atoms with Gasteiger partial charge in [0.1, 0.15) is 0 Å². The van der Waals surface area contributed by atoms with Crippen LogP contribution in [0.15, 0.2) is 29.6 Å². The maximum Gasteiger partial charge on any atom is 0.184 e. The summed E-state index contributed by atoms with van der Waals surface area (Å²) < 4.78 is 1.14. The fraction of sp³-hybridized carbons (Fsp3) is 0.267. The molecule has 1 atom stereocenters. The molecule has 0 saturated carbocycles. The average molecular weight is 321 g/mol. The lowest BCUT2D eigenvalue weighted by Gasteiger charge is -2.23. The van der Waals surface area contributed by atoms with Crippen molar-refractivity contribution in [2.75, 3.05) is 5.32 Å². The zero-order valence-corrected chi connectivity index (χ0v) is 13.1. The number of aryl methyl sites for hydroxylation is 1. The molecule has 5 heteroatoms. The van der Waals surface area contributed by atoms with E-state index < -0.39 is 0 Å². The zero-order valence-electron chi connectivity index (χ0n) is 10.7. The van der Waals surface area contributed by atoms with E-state index in [1.807, 2.05) is 29.5 Å². The van der Waals surface area contributed by atoms with Gasteiger partial charge in [0, 0.05) is 9.90 Å². The first-order valence-corrected chi connectivity index (χ1v) is 8.76. The highest BCUT2D eigenvalue weighted by Crippen LogP contribution is 2.37. The third-order valence-corrected chi connectivity index (χ3v) is 5.88. The van der Waals surface area contributed by atoms with Gasteiger partial charge in [0.2, 0.25) is 0 Å². The second-order valence-corrected chi connectivity index (χ2v) is 7.49. The smallest absolute Gasteiger partial charge is 0.184 e. The van der Waals surface area contributed by atoms with Crippen molar-refractivity contribution in [3.05, 3.63) is 45.1 Å². The molecule has 0 spiro atoms. The lowest BCUT2D eigenvalue weighted by molar-refractivity contribution is 0.608. The van der Waals surface area contributed by atoms with Crippen LogP contribution in [0.2, 0.25) is 5.02 Å². The average Bonchev–Trinajstić information content (AvgIpc) is 3.04. The van der Waals surface area contributed by atoms with E-state index in [0.29, 0.717) is 6.04 Å². The second kappa shape index (κ2) is 5.02. The number of hydrogen-bond acceptors (Lipinski definition) is 4. The Kier molecular flexibility index (Phi) is 3.17. The molecule has 0 amide bonds. The number of fused-ring (bicyclic) bond motifs is 2. The Morgan fingerprint density at radius 2 is 2.25 bits per heavy atom. The standard InChI is InChI=1S/C15H13ClN2S2/c16-9-4-5-12-14(8-9)20-15(18-12)17-11-2-1-3-13-10(11)6-7-19-13/h4-8,11H,1-3H2,(H,17,18). The van der Waals surface area contributed by atoms with Gasteiger partial charge in [-0.15, -0.1) is 11.3 Å². The fourth-order valence-electron chi connectivity index (χ4n) is 2.75. The minimum absolute atomic E-state index is 0.404. The largest absolute Gasteiger partial charge is 0.355 e. The molecule has 1 N–H and O–H groups in total. The summed E-state index contributed by atoms with van der Waals surface area (Å²) in [5.74, 6) is 0. The van der Waals surface area contributed by atoms with Crippen molar-refractivity contribution in [3.8, 4) is 0 Å². The maximum absolute atomic E-state index is 6.03. The van der Waals surface area contributed by atoms with Gasteiger partial charge in [-0.05, 0) is 54.5 Å². The van der Waals surface area contributed by atoms with Crippen LogP contribution in [0.4, 0.5) is 5.13 Å². The van der Waals surface area contributed by atoms with Crippen LogP contribution >= 0.6 is 34.3 Å². The zero-order chi connectivity index (χ0) is 13.5. The van der Waals surface area contributed by atoms with Gasteiger partial charge in [-0.1, -0.05) is 22.9 Å². The maximum atomic E-state index is 6.03. The molecule has 1 aliphatic carbocycles. The van der Waals surface area contributed by atoms with Crippen molar-refractivity contribution in [2.45, 2.75) is 25.3 Å². The highest BCUT2D eigenvalue weighted by Gasteiger charge is 2.21. The molecular formula is C15H13ClN2S2. The highest BCUT2D eigenvalue weighted by molar-refractivity contribution is 7.22. The molecule has 2 nitrogen and oxygen atoms in total. The van der Waals surface area contributed by atoms with Crippen molar-refractivity contribution in [1.29, 1.82) is 0 Å². The molecule has 2 aromatic heterocycles. The third-order valence-electron chi connectivity index (χ3n) is 3.70. The number of thiophene rings is 1. The van der Waals surface area contributed by atoms with Gasteiger partial charge >= 0.3 is 0 Å². The predicted molar refractivity (Wildman–Crippen MR) is 88.3 cm³/mol. The Morgan fingerprint density at radius 3 is 3.20 bits per heavy atom. The van der Waals surface area contributed by atoms with Gasteiger partial charge in [-0.25, -0.2) is 4.98 Å². The molecule has 0 bridgehead atoms. The van der Waals surface area contributed by atoms with Gasteiger partial charge in [0.25, 0.3) is 0 Å². The van der Waals surface area contributed by atoms with Crippen molar-refractivity contribution < 1.29 is 0 Å². The molecule has 3 aromatic rings. The molecule has 20 heavy (non-hydrogen) atoms. The van der Waals surface area contributed by atoms with Crippen LogP contribution in [0.5, 0.6) is 0 Å². The second-order valence-electron chi connectivity index (χ2n) is 5.02. The lowest BCUT2D eigenvalue weighted by Crippen LogP contribution is -2.15. The first-order valence-electron chi connectivity index (χ1n) is 6.68. The minimum atomic E-state index is 0.404. The molecule has 4 rings (SSSR count). The quantitative estimate of drug-likeness (QED) is 0.674. The Hall–Kier alpha value is -1.10. The van der Waals surface area contributed by atoms with Crippen molar-refractivity contribution in [1.82, 2.24) is 4.98 Å². The van der Waals surface area contributed by atoms with E-state index in [0.717, 1.165) is 20.4 Å². The normalized spacial score (nSPS) is 18.1. The molecule has 0 aliphatic heterocycles. The first kappa shape index (κ1) is 12.6. The predicted octanol–water partition coefficient (Wildman–Crippen LogP) is 5.50. The van der Waals surface area contributed by atoms with Gasteiger partial charge in [0.15, 0.2) is 5.13 Å². The van der Waals surface area contributed by atoms with E-state index in [1.54, 1.807) is 11.3 Å². The number of rotatable bonds is 2. The summed E-state index contributed by atoms with van der Waals surface area (Å²) in [6.45, 7) is 0. The van der Waals surface area contributed by atoms with Crippen LogP contribution in [0.25, 0.3) is 10.2 Å². The lowest BCUT2D eigenvalue weighted by atomic mass is 9.94. The van der Waals surface area contributed by atoms with Crippen LogP contribution in [0.1, 0.15) is 29.3 Å². The van der Waals surface area contributed by atoms with E-state index in [-0.39, 0.29) is 0 Å². The molecular weight excluding hydrogens is 308 g/mol. The number of halogens is 1. The molecule has 102 valence electrons. The van der Waals surface area contributed by atoms with Crippen molar-refractivity contribution >= 4 is 49.6 Å². The summed E-state index contributed by atoms with van der Waals surface area (Å²) >= 11 is 9.58. The third kappa shape index (κ3) is 2.22. The molecule has 0 saturated heterocycles. The van der Waals surface area contributed by atoms with E-state index in [4.69, 9.17) is 11.6 Å². The summed E-state index contributed by atoms with van der Waals surface area (Å²) in [6.07, 6.45) is 3.66. The highest BCUT2D eigenvalue weighted by atomic mass is 35.5. The molecule has 1 unspecified atom stereocenters. The molecule has 2 heterocycles. The summed E-state index contributed by atoms with van der Waals surface area (Å²) in [5, 5.41) is 7.56. The Balaban J connectivity index is 1.65. The number of aromatic nitrogens is 1. The summed E-state index contributed by atoms with van der Waals surface area (Å²) in [7, 11) is 0. The number of thiazole rings is 1.